The lowest BCUT2D eigenvalue weighted by atomic mass is 9.83. The van der Waals surface area contributed by atoms with Gasteiger partial charge in [0.2, 0.25) is 0 Å². The van der Waals surface area contributed by atoms with Crippen molar-refractivity contribution in [2.24, 2.45) is 5.92 Å². The van der Waals surface area contributed by atoms with Crippen molar-refractivity contribution in [3.05, 3.63) is 18.7 Å². The van der Waals surface area contributed by atoms with Crippen LogP contribution in [0.25, 0.3) is 0 Å². The van der Waals surface area contributed by atoms with Gasteiger partial charge in [0, 0.05) is 19.5 Å². The quantitative estimate of drug-likeness (QED) is 0.348. The topological polar surface area (TPSA) is 104 Å². The van der Waals surface area contributed by atoms with Crippen molar-refractivity contribution in [1.29, 1.82) is 0 Å². The Bertz CT molecular complexity index is 628. The van der Waals surface area contributed by atoms with Crippen molar-refractivity contribution in [3.63, 3.8) is 0 Å². The number of rotatable bonds is 13. The molecule has 0 radical (unpaired) electrons. The molecule has 0 unspecified atom stereocenters. The summed E-state index contributed by atoms with van der Waals surface area (Å²) in [6, 6.07) is -0.419. The Labute approximate surface area is 191 Å². The molecule has 1 aromatic rings. The predicted octanol–water partition coefficient (Wildman–Crippen LogP) is 3.11. The maximum absolute atomic E-state index is 12.6. The summed E-state index contributed by atoms with van der Waals surface area (Å²) in [4.78, 5) is 16.7. The number of carbonyl (C=O) groups excluding carboxylic acids is 1. The van der Waals surface area contributed by atoms with Gasteiger partial charge in [0.15, 0.2) is 0 Å². The summed E-state index contributed by atoms with van der Waals surface area (Å²) in [5.74, 6) is 0.463. The molecular formula is C23H41N3O6. The van der Waals surface area contributed by atoms with E-state index in [0.717, 1.165) is 12.8 Å². The van der Waals surface area contributed by atoms with E-state index in [2.05, 4.69) is 10.3 Å². The van der Waals surface area contributed by atoms with E-state index >= 15 is 0 Å². The molecule has 1 aliphatic carbocycles. The number of nitrogens with zero attached hydrogens (tertiary/aromatic N) is 2. The van der Waals surface area contributed by atoms with Crippen molar-refractivity contribution in [3.8, 4) is 0 Å². The zero-order valence-corrected chi connectivity index (χ0v) is 20.0. The van der Waals surface area contributed by atoms with Gasteiger partial charge in [-0.2, -0.15) is 0 Å². The summed E-state index contributed by atoms with van der Waals surface area (Å²) in [5.41, 5.74) is -0.617. The second-order valence-electron chi connectivity index (χ2n) is 9.47. The molecule has 1 aliphatic rings. The molecule has 1 saturated carbocycles. The molecule has 1 aromatic heterocycles. The molecular weight excluding hydrogens is 414 g/mol. The molecule has 9 nitrogen and oxygen atoms in total. The highest BCUT2D eigenvalue weighted by atomic mass is 16.7. The summed E-state index contributed by atoms with van der Waals surface area (Å²) in [6.45, 7) is 6.60. The maximum atomic E-state index is 12.6. The van der Waals surface area contributed by atoms with Crippen LogP contribution >= 0.6 is 0 Å². The fourth-order valence-corrected chi connectivity index (χ4v) is 4.05. The second-order valence-corrected chi connectivity index (χ2v) is 9.47. The van der Waals surface area contributed by atoms with Crippen LogP contribution < -0.4 is 5.32 Å². The van der Waals surface area contributed by atoms with Crippen molar-refractivity contribution in [2.45, 2.75) is 89.7 Å². The normalized spacial score (nSPS) is 18.2. The monoisotopic (exact) mass is 455 g/mol. The van der Waals surface area contributed by atoms with Gasteiger partial charge in [-0.05, 0) is 33.1 Å². The Balaban J connectivity index is 2.13. The van der Waals surface area contributed by atoms with Crippen LogP contribution in [0.1, 0.15) is 59.3 Å². The molecule has 1 heterocycles. The highest BCUT2D eigenvalue weighted by Crippen LogP contribution is 2.29. The van der Waals surface area contributed by atoms with Crippen LogP contribution in [-0.2, 0) is 25.5 Å². The number of hydrogen-bond donors (Lipinski definition) is 2. The van der Waals surface area contributed by atoms with Crippen LogP contribution in [0.2, 0.25) is 0 Å². The first kappa shape index (κ1) is 26.6. The van der Waals surface area contributed by atoms with Crippen LogP contribution in [0, 0.1) is 5.92 Å². The van der Waals surface area contributed by atoms with Crippen molar-refractivity contribution < 1.29 is 28.8 Å². The molecule has 0 spiro atoms. The van der Waals surface area contributed by atoms with Gasteiger partial charge in [-0.15, -0.1) is 0 Å². The van der Waals surface area contributed by atoms with E-state index < -0.39 is 29.9 Å². The number of carbonyl (C=O) groups is 1. The summed E-state index contributed by atoms with van der Waals surface area (Å²) >= 11 is 0. The Kier molecular flexibility index (Phi) is 11.4. The van der Waals surface area contributed by atoms with E-state index in [4.69, 9.17) is 18.9 Å². The van der Waals surface area contributed by atoms with Gasteiger partial charge in [-0.25, -0.2) is 9.78 Å². The third kappa shape index (κ3) is 10.3. The van der Waals surface area contributed by atoms with E-state index in [1.54, 1.807) is 30.4 Å². The zero-order valence-electron chi connectivity index (χ0n) is 20.0. The molecule has 9 heteroatoms. The van der Waals surface area contributed by atoms with E-state index in [1.165, 1.54) is 19.3 Å². The number of methoxy groups -OCH3 is 1. The average molecular weight is 456 g/mol. The third-order valence-electron chi connectivity index (χ3n) is 5.52. The fourth-order valence-electron chi connectivity index (χ4n) is 4.05. The fraction of sp³-hybridized carbons (Fsp3) is 0.826. The van der Waals surface area contributed by atoms with Crippen LogP contribution in [0.5, 0.6) is 0 Å². The van der Waals surface area contributed by atoms with Gasteiger partial charge < -0.3 is 33.9 Å². The molecule has 184 valence electrons. The minimum absolute atomic E-state index is 0.00776. The number of nitrogens with one attached hydrogen (secondary N) is 1. The Morgan fingerprint density at radius 1 is 1.25 bits per heavy atom. The van der Waals surface area contributed by atoms with Crippen molar-refractivity contribution in [1.82, 2.24) is 14.9 Å². The van der Waals surface area contributed by atoms with E-state index in [0.29, 0.717) is 32.1 Å². The van der Waals surface area contributed by atoms with Crippen molar-refractivity contribution >= 4 is 6.09 Å². The molecule has 0 aliphatic heterocycles. The lowest BCUT2D eigenvalue weighted by Gasteiger charge is -2.35. The van der Waals surface area contributed by atoms with Gasteiger partial charge >= 0.3 is 6.09 Å². The van der Waals surface area contributed by atoms with Crippen molar-refractivity contribution in [2.75, 3.05) is 27.1 Å². The van der Waals surface area contributed by atoms with E-state index in [-0.39, 0.29) is 6.79 Å². The Morgan fingerprint density at radius 3 is 2.62 bits per heavy atom. The SMILES string of the molecule is COCCOCO[C@H]([C@H](CC1CCCCC1)NC(=O)OC(C)(C)C)[C@@H](O)Cn1ccnc1. The zero-order chi connectivity index (χ0) is 23.4. The molecule has 2 rings (SSSR count). The molecule has 0 aromatic carbocycles. The van der Waals surface area contributed by atoms with Gasteiger partial charge in [0.05, 0.1) is 32.1 Å². The van der Waals surface area contributed by atoms with Gasteiger partial charge in [0.1, 0.15) is 24.6 Å². The molecule has 2 N–H and O–H groups in total. The highest BCUT2D eigenvalue weighted by Gasteiger charge is 2.34. The number of aliphatic hydroxyl groups is 1. The van der Waals surface area contributed by atoms with E-state index in [9.17, 15) is 9.90 Å². The van der Waals surface area contributed by atoms with Crippen LogP contribution in [0.15, 0.2) is 18.7 Å². The van der Waals surface area contributed by atoms with E-state index in [1.807, 2.05) is 20.8 Å². The highest BCUT2D eigenvalue weighted by molar-refractivity contribution is 5.68. The lowest BCUT2D eigenvalue weighted by molar-refractivity contribution is -0.143. The second kappa shape index (κ2) is 13.8. The molecule has 0 saturated heterocycles. The first-order chi connectivity index (χ1) is 15.3. The number of ether oxygens (including phenoxy) is 4. The van der Waals surface area contributed by atoms with Crippen LogP contribution in [0.4, 0.5) is 4.79 Å². The summed E-state index contributed by atoms with van der Waals surface area (Å²) in [5, 5.41) is 14.1. The average Bonchev–Trinajstić information content (AvgIpc) is 3.22. The van der Waals surface area contributed by atoms with Gasteiger partial charge in [-0.1, -0.05) is 32.1 Å². The number of hydrogen-bond acceptors (Lipinski definition) is 7. The molecule has 0 bridgehead atoms. The number of amides is 1. The standard InChI is InChI=1S/C23H41N3O6/c1-23(2,3)32-22(28)25-19(14-18-8-6-5-7-9-18)21(31-17-30-13-12-29-4)20(27)15-26-11-10-24-16-26/h10-11,16,18-21,27H,5-9,12-15,17H2,1-4H3,(H,25,28)/t19-,20-,21+/m0/s1. The molecule has 1 amide bonds. The summed E-state index contributed by atoms with van der Waals surface area (Å²) in [6.07, 6.45) is 9.59. The van der Waals surface area contributed by atoms with Gasteiger partial charge in [0.25, 0.3) is 0 Å². The van der Waals surface area contributed by atoms with Crippen LogP contribution in [0.3, 0.4) is 0 Å². The number of aromatic nitrogens is 2. The smallest absolute Gasteiger partial charge is 0.407 e. The number of alkyl carbamates (subject to hydrolysis) is 1. The molecule has 1 fully saturated rings. The summed E-state index contributed by atoms with van der Waals surface area (Å²) < 4.78 is 23.8. The Hall–Kier alpha value is -1.68. The Morgan fingerprint density at radius 2 is 2.00 bits per heavy atom. The van der Waals surface area contributed by atoms with Gasteiger partial charge in [-0.3, -0.25) is 0 Å². The molecule has 32 heavy (non-hydrogen) atoms. The first-order valence-electron chi connectivity index (χ1n) is 11.6. The lowest BCUT2D eigenvalue weighted by Crippen LogP contribution is -2.53. The maximum Gasteiger partial charge on any atom is 0.407 e. The number of imidazole rings is 1. The molecule has 3 atom stereocenters. The first-order valence-corrected chi connectivity index (χ1v) is 11.6. The predicted molar refractivity (Wildman–Crippen MR) is 120 cm³/mol. The van der Waals surface area contributed by atoms with Crippen LogP contribution in [-0.4, -0.2) is 71.7 Å². The third-order valence-corrected chi connectivity index (χ3v) is 5.52. The summed E-state index contributed by atoms with van der Waals surface area (Å²) in [7, 11) is 1.60. The largest absolute Gasteiger partial charge is 0.444 e. The number of aliphatic hydroxyl groups excluding tert-OH is 1. The minimum atomic E-state index is -0.876. The minimum Gasteiger partial charge on any atom is -0.444 e.